The average molecular weight is 336 g/mol. The summed E-state index contributed by atoms with van der Waals surface area (Å²) in [6.07, 6.45) is 1.81. The summed E-state index contributed by atoms with van der Waals surface area (Å²) >= 11 is 0. The monoisotopic (exact) mass is 336 g/mol. The molecule has 0 aliphatic carbocycles. The van der Waals surface area contributed by atoms with Gasteiger partial charge in [0.2, 0.25) is 0 Å². The van der Waals surface area contributed by atoms with Gasteiger partial charge in [0.05, 0.1) is 5.57 Å². The van der Waals surface area contributed by atoms with Crippen LogP contribution in [-0.2, 0) is 11.2 Å². The molecule has 0 amide bonds. The maximum Gasteiger partial charge on any atom is 0.343 e. The molecule has 0 unspecified atom stereocenters. The van der Waals surface area contributed by atoms with Gasteiger partial charge in [-0.2, -0.15) is 0 Å². The fourth-order valence-corrected chi connectivity index (χ4v) is 2.51. The highest BCUT2D eigenvalue weighted by atomic mass is 16.5. The van der Waals surface area contributed by atoms with E-state index in [1.165, 1.54) is 0 Å². The summed E-state index contributed by atoms with van der Waals surface area (Å²) in [7, 11) is 0. The molecule has 3 heteroatoms. The van der Waals surface area contributed by atoms with E-state index in [9.17, 15) is 9.90 Å². The standard InChI is InChI=1S/C22H24O3/c1-5-9-18-13-7-6-10-15(2)11-8-12-16(3)20(23)21-19(14-18)17(4)22(24)25-21/h6-8,10-14,23H,4-5,9H2,1-3H3. The SMILES string of the molecule is C=C1C(=O)Oc2c1cc(CCC)ccccc(C)cccc(C)c2O. The predicted octanol–water partition coefficient (Wildman–Crippen LogP) is 5.14. The first-order chi connectivity index (χ1) is 11.9. The van der Waals surface area contributed by atoms with Gasteiger partial charge in [-0.05, 0) is 37.5 Å². The highest BCUT2D eigenvalue weighted by Gasteiger charge is 2.27. The smallest absolute Gasteiger partial charge is 0.343 e. The third-order valence-corrected chi connectivity index (χ3v) is 3.95. The molecule has 0 fully saturated rings. The molecule has 0 bridgehead atoms. The van der Waals surface area contributed by atoms with Gasteiger partial charge in [-0.25, -0.2) is 4.79 Å². The molecule has 0 aromatic heterocycles. The number of carbonyl (C=O) groups is 1. The topological polar surface area (TPSA) is 46.5 Å². The van der Waals surface area contributed by atoms with Gasteiger partial charge >= 0.3 is 5.97 Å². The number of carbonyl (C=O) groups excluding carboxylic acids is 1. The minimum atomic E-state index is -0.524. The Labute approximate surface area is 149 Å². The van der Waals surface area contributed by atoms with Gasteiger partial charge in [0, 0.05) is 5.56 Å². The van der Waals surface area contributed by atoms with E-state index in [2.05, 4.69) is 13.5 Å². The van der Waals surface area contributed by atoms with Crippen LogP contribution in [0.3, 0.4) is 0 Å². The first kappa shape index (κ1) is 18.5. The van der Waals surface area contributed by atoms with Crippen LogP contribution in [0.2, 0.25) is 0 Å². The molecule has 1 N–H and O–H groups in total. The van der Waals surface area contributed by atoms with Crippen LogP contribution < -0.4 is 4.74 Å². The Hall–Kier alpha value is -2.81. The normalized spacial score (nSPS) is 12.0. The first-order valence-electron chi connectivity index (χ1n) is 8.40. The van der Waals surface area contributed by atoms with E-state index in [0.29, 0.717) is 11.1 Å². The number of fused-ring (bicyclic) bond motifs is 1. The molecule has 0 spiro atoms. The van der Waals surface area contributed by atoms with E-state index in [1.807, 2.05) is 49.4 Å². The second-order valence-electron chi connectivity index (χ2n) is 6.10. The van der Waals surface area contributed by atoms with Crippen molar-refractivity contribution in [2.24, 2.45) is 0 Å². The summed E-state index contributed by atoms with van der Waals surface area (Å²) in [5.41, 5.74) is 3.54. The Bertz CT molecular complexity index is 820. The van der Waals surface area contributed by atoms with Crippen LogP contribution in [0.4, 0.5) is 0 Å². The van der Waals surface area contributed by atoms with Crippen LogP contribution >= 0.6 is 0 Å². The number of hydrogen-bond donors (Lipinski definition) is 1. The fourth-order valence-electron chi connectivity index (χ4n) is 2.51. The molecule has 1 aliphatic heterocycles. The molecule has 0 saturated heterocycles. The summed E-state index contributed by atoms with van der Waals surface area (Å²) in [6.45, 7) is 9.68. The van der Waals surface area contributed by atoms with Crippen LogP contribution in [0.5, 0.6) is 11.5 Å². The lowest BCUT2D eigenvalue weighted by atomic mass is 10.0. The largest absolute Gasteiger partial charge is 0.504 e. The second-order valence-corrected chi connectivity index (χ2v) is 6.10. The Kier molecular flexibility index (Phi) is 6.18. The Balaban J connectivity index is 2.88. The van der Waals surface area contributed by atoms with Gasteiger partial charge in [0.25, 0.3) is 0 Å². The zero-order chi connectivity index (χ0) is 18.4. The summed E-state index contributed by atoms with van der Waals surface area (Å²) in [4.78, 5) is 12.0. The van der Waals surface area contributed by atoms with Gasteiger partial charge in [-0.15, -0.1) is 0 Å². The van der Waals surface area contributed by atoms with E-state index < -0.39 is 5.97 Å². The lowest BCUT2D eigenvalue weighted by molar-refractivity contribution is -0.127. The zero-order valence-electron chi connectivity index (χ0n) is 15.0. The first-order valence-corrected chi connectivity index (χ1v) is 8.40. The van der Waals surface area contributed by atoms with Crippen LogP contribution in [-0.4, -0.2) is 11.1 Å². The fraction of sp³-hybridized carbons (Fsp3) is 0.227. The van der Waals surface area contributed by atoms with Crippen molar-refractivity contribution in [3.8, 4) is 11.5 Å². The second kappa shape index (κ2) is 8.34. The van der Waals surface area contributed by atoms with Crippen LogP contribution in [0.1, 0.15) is 35.6 Å². The molecular weight excluding hydrogens is 312 g/mol. The molecule has 1 heterocycles. The zero-order valence-corrected chi connectivity index (χ0v) is 15.0. The molecule has 130 valence electrons. The van der Waals surface area contributed by atoms with Crippen molar-refractivity contribution >= 4 is 11.5 Å². The van der Waals surface area contributed by atoms with Crippen molar-refractivity contribution in [3.63, 3.8) is 0 Å². The third kappa shape index (κ3) is 4.60. The lowest BCUT2D eigenvalue weighted by Crippen LogP contribution is -1.99. The number of aromatic hydroxyl groups is 1. The van der Waals surface area contributed by atoms with Gasteiger partial charge < -0.3 is 9.84 Å². The minimum absolute atomic E-state index is 0.0482. The summed E-state index contributed by atoms with van der Waals surface area (Å²) in [5, 5.41) is 10.5. The number of ether oxygens (including phenoxy) is 1. The van der Waals surface area contributed by atoms with Gasteiger partial charge in [0.1, 0.15) is 0 Å². The molecule has 0 atom stereocenters. The maximum absolute atomic E-state index is 12.0. The highest BCUT2D eigenvalue weighted by Crippen LogP contribution is 2.40. The molecule has 2 rings (SSSR count). The molecule has 0 radical (unpaired) electrons. The van der Waals surface area contributed by atoms with Crippen molar-refractivity contribution in [1.29, 1.82) is 0 Å². The number of rotatable bonds is 2. The van der Waals surface area contributed by atoms with Gasteiger partial charge in [-0.3, -0.25) is 0 Å². The van der Waals surface area contributed by atoms with Gasteiger partial charge in [-0.1, -0.05) is 68.0 Å². The van der Waals surface area contributed by atoms with Crippen molar-refractivity contribution in [3.05, 3.63) is 77.4 Å². The van der Waals surface area contributed by atoms with Crippen molar-refractivity contribution in [2.45, 2.75) is 33.6 Å². The summed E-state index contributed by atoms with van der Waals surface area (Å²) < 4.78 is 5.27. The predicted molar refractivity (Wildman–Crippen MR) is 102 cm³/mol. The Morgan fingerprint density at radius 1 is 1.08 bits per heavy atom. The van der Waals surface area contributed by atoms with E-state index in [0.717, 1.165) is 24.0 Å². The highest BCUT2D eigenvalue weighted by molar-refractivity contribution is 6.21. The minimum Gasteiger partial charge on any atom is -0.504 e. The van der Waals surface area contributed by atoms with Crippen LogP contribution in [0.15, 0.2) is 55.1 Å². The van der Waals surface area contributed by atoms with Crippen molar-refractivity contribution in [1.82, 2.24) is 0 Å². The Morgan fingerprint density at radius 3 is 2.48 bits per heavy atom. The quantitative estimate of drug-likeness (QED) is 0.600. The third-order valence-electron chi connectivity index (χ3n) is 3.95. The molecule has 1 aromatic rings. The molecule has 1 aromatic carbocycles. The molecule has 0 saturated carbocycles. The number of esters is 1. The maximum atomic E-state index is 12.0. The Morgan fingerprint density at radius 2 is 1.76 bits per heavy atom. The molecule has 3 nitrogen and oxygen atoms in total. The molecule has 1 aliphatic rings. The van der Waals surface area contributed by atoms with Crippen molar-refractivity contribution in [2.75, 3.05) is 0 Å². The lowest BCUT2D eigenvalue weighted by Gasteiger charge is -2.01. The van der Waals surface area contributed by atoms with E-state index >= 15 is 0 Å². The molecule has 25 heavy (non-hydrogen) atoms. The van der Waals surface area contributed by atoms with E-state index in [1.54, 1.807) is 13.0 Å². The average Bonchev–Trinajstić information content (AvgIpc) is 2.85. The summed E-state index contributed by atoms with van der Waals surface area (Å²) in [6, 6.07) is 15.4. The summed E-state index contributed by atoms with van der Waals surface area (Å²) in [5.74, 6) is -0.398. The van der Waals surface area contributed by atoms with E-state index in [4.69, 9.17) is 4.74 Å². The van der Waals surface area contributed by atoms with Crippen LogP contribution in [0.25, 0.3) is 5.57 Å². The van der Waals surface area contributed by atoms with Crippen LogP contribution in [0, 0.1) is 13.8 Å². The van der Waals surface area contributed by atoms with Crippen molar-refractivity contribution < 1.29 is 14.6 Å². The van der Waals surface area contributed by atoms with Gasteiger partial charge in [0.15, 0.2) is 11.5 Å². The number of aryl methyl sites for hydroxylation is 3. The number of hydrogen-bond acceptors (Lipinski definition) is 3. The molecular formula is C22H24O3. The van der Waals surface area contributed by atoms with E-state index in [-0.39, 0.29) is 17.1 Å².